The van der Waals surface area contributed by atoms with Gasteiger partial charge in [0.05, 0.1) is 11.7 Å². The van der Waals surface area contributed by atoms with Crippen LogP contribution in [0.3, 0.4) is 0 Å². The third-order valence-electron chi connectivity index (χ3n) is 3.41. The van der Waals surface area contributed by atoms with Gasteiger partial charge in [0.1, 0.15) is 5.82 Å². The van der Waals surface area contributed by atoms with Crippen molar-refractivity contribution in [2.24, 2.45) is 0 Å². The van der Waals surface area contributed by atoms with E-state index in [-0.39, 0.29) is 5.92 Å². The van der Waals surface area contributed by atoms with Crippen LogP contribution in [0.1, 0.15) is 42.7 Å². The predicted molar refractivity (Wildman–Crippen MR) is 58.6 cm³/mol. The Hall–Kier alpha value is -1.10. The first-order valence-electron chi connectivity index (χ1n) is 5.92. The van der Waals surface area contributed by atoms with Crippen LogP contribution in [0, 0.1) is 5.82 Å². The fourth-order valence-corrected chi connectivity index (χ4v) is 2.48. The molecule has 1 nitrogen and oxygen atoms in total. The summed E-state index contributed by atoms with van der Waals surface area (Å²) in [7, 11) is 0. The molecule has 0 aliphatic heterocycles. The van der Waals surface area contributed by atoms with E-state index in [2.05, 4.69) is 0 Å². The highest BCUT2D eigenvalue weighted by atomic mass is 19.4. The summed E-state index contributed by atoms with van der Waals surface area (Å²) in [5, 5.41) is 9.53. The molecule has 1 fully saturated rings. The lowest BCUT2D eigenvalue weighted by Gasteiger charge is -2.26. The highest BCUT2D eigenvalue weighted by molar-refractivity contribution is 5.30. The molecule has 1 aliphatic carbocycles. The summed E-state index contributed by atoms with van der Waals surface area (Å²) in [4.78, 5) is 0. The number of rotatable bonds is 1. The van der Waals surface area contributed by atoms with Crippen LogP contribution in [0.4, 0.5) is 17.6 Å². The minimum atomic E-state index is -4.67. The molecule has 0 heterocycles. The highest BCUT2D eigenvalue weighted by Crippen LogP contribution is 2.37. The Labute approximate surface area is 102 Å². The van der Waals surface area contributed by atoms with Crippen LogP contribution in [0.15, 0.2) is 18.2 Å². The molecule has 0 bridgehead atoms. The topological polar surface area (TPSA) is 20.2 Å². The third kappa shape index (κ3) is 2.83. The summed E-state index contributed by atoms with van der Waals surface area (Å²) < 4.78 is 50.9. The van der Waals surface area contributed by atoms with E-state index in [0.29, 0.717) is 18.4 Å². The maximum atomic E-state index is 13.1. The van der Waals surface area contributed by atoms with E-state index in [4.69, 9.17) is 0 Å². The van der Waals surface area contributed by atoms with Gasteiger partial charge in [0.2, 0.25) is 0 Å². The van der Waals surface area contributed by atoms with Crippen molar-refractivity contribution in [2.75, 3.05) is 0 Å². The van der Waals surface area contributed by atoms with Crippen LogP contribution in [-0.4, -0.2) is 11.2 Å². The minimum Gasteiger partial charge on any atom is -0.393 e. The van der Waals surface area contributed by atoms with Crippen molar-refractivity contribution in [2.45, 2.75) is 43.9 Å². The molecular weight excluding hydrogens is 248 g/mol. The van der Waals surface area contributed by atoms with Crippen molar-refractivity contribution in [1.82, 2.24) is 0 Å². The van der Waals surface area contributed by atoms with Gasteiger partial charge in [-0.25, -0.2) is 4.39 Å². The van der Waals surface area contributed by atoms with E-state index in [9.17, 15) is 22.7 Å². The number of hydrogen-bond acceptors (Lipinski definition) is 1. The van der Waals surface area contributed by atoms with Gasteiger partial charge in [-0.1, -0.05) is 12.5 Å². The maximum Gasteiger partial charge on any atom is 0.419 e. The average molecular weight is 262 g/mol. The van der Waals surface area contributed by atoms with Gasteiger partial charge in [0.15, 0.2) is 0 Å². The number of halogens is 4. The first kappa shape index (κ1) is 13.3. The van der Waals surface area contributed by atoms with Gasteiger partial charge in [0.25, 0.3) is 0 Å². The zero-order valence-electron chi connectivity index (χ0n) is 9.67. The molecule has 0 aromatic heterocycles. The molecule has 1 aromatic carbocycles. The van der Waals surface area contributed by atoms with Crippen molar-refractivity contribution in [3.05, 3.63) is 35.1 Å². The second-order valence-corrected chi connectivity index (χ2v) is 4.75. The van der Waals surface area contributed by atoms with Crippen LogP contribution < -0.4 is 0 Å². The molecule has 2 unspecified atom stereocenters. The Morgan fingerprint density at radius 2 is 1.89 bits per heavy atom. The smallest absolute Gasteiger partial charge is 0.393 e. The summed E-state index contributed by atoms with van der Waals surface area (Å²) in [6.45, 7) is 0. The van der Waals surface area contributed by atoms with Crippen molar-refractivity contribution in [3.63, 3.8) is 0 Å². The summed E-state index contributed by atoms with van der Waals surface area (Å²) in [6, 6.07) is 3.12. The molecule has 18 heavy (non-hydrogen) atoms. The number of aliphatic hydroxyl groups is 1. The Morgan fingerprint density at radius 3 is 2.50 bits per heavy atom. The average Bonchev–Trinajstić information content (AvgIpc) is 2.28. The Kier molecular flexibility index (Phi) is 3.61. The lowest BCUT2D eigenvalue weighted by molar-refractivity contribution is -0.140. The number of aliphatic hydroxyl groups excluding tert-OH is 1. The molecule has 2 rings (SSSR count). The molecule has 1 aromatic rings. The second kappa shape index (κ2) is 4.88. The van der Waals surface area contributed by atoms with Gasteiger partial charge in [-0.05, 0) is 42.9 Å². The van der Waals surface area contributed by atoms with Crippen LogP contribution in [0.2, 0.25) is 0 Å². The largest absolute Gasteiger partial charge is 0.419 e. The Morgan fingerprint density at radius 1 is 1.17 bits per heavy atom. The van der Waals surface area contributed by atoms with Crippen LogP contribution >= 0.6 is 0 Å². The van der Waals surface area contributed by atoms with Crippen LogP contribution in [0.25, 0.3) is 0 Å². The summed E-state index contributed by atoms with van der Waals surface area (Å²) in [5.74, 6) is -1.36. The van der Waals surface area contributed by atoms with E-state index in [1.807, 2.05) is 0 Å². The van der Waals surface area contributed by atoms with Gasteiger partial charge in [-0.15, -0.1) is 0 Å². The van der Waals surface area contributed by atoms with Crippen LogP contribution in [0.5, 0.6) is 0 Å². The van der Waals surface area contributed by atoms with E-state index in [0.717, 1.165) is 25.0 Å². The first-order valence-corrected chi connectivity index (χ1v) is 5.92. The van der Waals surface area contributed by atoms with E-state index in [1.165, 1.54) is 6.07 Å². The number of alkyl halides is 3. The molecule has 1 N–H and O–H groups in total. The molecule has 5 heteroatoms. The molecule has 0 saturated heterocycles. The summed E-state index contributed by atoms with van der Waals surface area (Å²) >= 11 is 0. The van der Waals surface area contributed by atoms with E-state index in [1.54, 1.807) is 0 Å². The van der Waals surface area contributed by atoms with Crippen LogP contribution in [-0.2, 0) is 6.18 Å². The molecule has 0 amide bonds. The molecule has 1 saturated carbocycles. The van der Waals surface area contributed by atoms with E-state index >= 15 is 0 Å². The second-order valence-electron chi connectivity index (χ2n) is 4.75. The molecule has 1 aliphatic rings. The molecule has 0 spiro atoms. The van der Waals surface area contributed by atoms with Gasteiger partial charge in [-0.3, -0.25) is 0 Å². The minimum absolute atomic E-state index is 0.115. The van der Waals surface area contributed by atoms with Crippen molar-refractivity contribution >= 4 is 0 Å². The normalized spacial score (nSPS) is 25.2. The Balaban J connectivity index is 2.29. The van der Waals surface area contributed by atoms with Crippen molar-refractivity contribution < 1.29 is 22.7 Å². The molecular formula is C13H14F4O. The van der Waals surface area contributed by atoms with E-state index < -0.39 is 23.7 Å². The van der Waals surface area contributed by atoms with Gasteiger partial charge < -0.3 is 5.11 Å². The highest BCUT2D eigenvalue weighted by Gasteiger charge is 2.35. The zero-order chi connectivity index (χ0) is 13.3. The molecule has 0 radical (unpaired) electrons. The molecule has 100 valence electrons. The number of benzene rings is 1. The zero-order valence-corrected chi connectivity index (χ0v) is 9.67. The maximum absolute atomic E-state index is 13.1. The SMILES string of the molecule is OC1CCCC(c2ccc(F)c(C(F)(F)F)c2)C1. The van der Waals surface area contributed by atoms with Gasteiger partial charge in [-0.2, -0.15) is 13.2 Å². The predicted octanol–water partition coefficient (Wildman–Crippen LogP) is 3.86. The van der Waals surface area contributed by atoms with Gasteiger partial charge in [0, 0.05) is 0 Å². The fourth-order valence-electron chi connectivity index (χ4n) is 2.48. The van der Waals surface area contributed by atoms with Gasteiger partial charge >= 0.3 is 6.18 Å². The third-order valence-corrected chi connectivity index (χ3v) is 3.41. The van der Waals surface area contributed by atoms with Crippen molar-refractivity contribution in [1.29, 1.82) is 0 Å². The quantitative estimate of drug-likeness (QED) is 0.762. The number of hydrogen-bond donors (Lipinski definition) is 1. The first-order chi connectivity index (χ1) is 8.38. The lowest BCUT2D eigenvalue weighted by atomic mass is 9.82. The summed E-state index contributed by atoms with van der Waals surface area (Å²) in [6.07, 6.45) is -2.49. The van der Waals surface area contributed by atoms with Crippen molar-refractivity contribution in [3.8, 4) is 0 Å². The molecule has 2 atom stereocenters. The lowest BCUT2D eigenvalue weighted by Crippen LogP contribution is -2.19. The summed E-state index contributed by atoms with van der Waals surface area (Å²) in [5.41, 5.74) is -0.762. The Bertz CT molecular complexity index is 427. The standard InChI is InChI=1S/C13H14F4O/c14-12-5-4-9(7-11(12)13(15,16)17)8-2-1-3-10(18)6-8/h4-5,7-8,10,18H,1-3,6H2. The monoisotopic (exact) mass is 262 g/mol. The fraction of sp³-hybridized carbons (Fsp3) is 0.538.